The smallest absolute Gasteiger partial charge is 0.232 e. The highest BCUT2D eigenvalue weighted by Crippen LogP contribution is 2.48. The maximum Gasteiger partial charge on any atom is 0.232 e. The van der Waals surface area contributed by atoms with Gasteiger partial charge in [-0.25, -0.2) is 0 Å². The molecular formula is C7H10ClNO2. The van der Waals surface area contributed by atoms with Gasteiger partial charge in [0.2, 0.25) is 6.04 Å². The lowest BCUT2D eigenvalue weighted by Crippen LogP contribution is -2.35. The molecule has 0 heterocycles. The summed E-state index contributed by atoms with van der Waals surface area (Å²) in [6.45, 7) is 0. The molecule has 11 heavy (non-hydrogen) atoms. The van der Waals surface area contributed by atoms with E-state index in [2.05, 4.69) is 0 Å². The molecule has 0 N–H and O–H groups in total. The lowest BCUT2D eigenvalue weighted by atomic mass is 9.95. The molecule has 62 valence electrons. The number of fused-ring (bicyclic) bond motifs is 2. The summed E-state index contributed by atoms with van der Waals surface area (Å²) < 4.78 is 0. The van der Waals surface area contributed by atoms with E-state index in [4.69, 9.17) is 11.6 Å². The van der Waals surface area contributed by atoms with Crippen molar-refractivity contribution in [3.63, 3.8) is 0 Å². The second-order valence-corrected chi connectivity index (χ2v) is 4.06. The zero-order valence-electron chi connectivity index (χ0n) is 6.07. The fraction of sp³-hybridized carbons (Fsp3) is 1.00. The molecule has 0 saturated heterocycles. The summed E-state index contributed by atoms with van der Waals surface area (Å²) in [4.78, 5) is 10.3. The highest BCUT2D eigenvalue weighted by molar-refractivity contribution is 6.21. The van der Waals surface area contributed by atoms with Crippen LogP contribution in [0.2, 0.25) is 0 Å². The normalized spacial score (nSPS) is 48.1. The number of nitro groups is 1. The summed E-state index contributed by atoms with van der Waals surface area (Å²) in [6, 6.07) is -0.449. The van der Waals surface area contributed by atoms with Crippen LogP contribution in [0.25, 0.3) is 0 Å². The molecule has 0 amide bonds. The third-order valence-corrected chi connectivity index (χ3v) is 3.63. The van der Waals surface area contributed by atoms with Gasteiger partial charge < -0.3 is 0 Å². The molecule has 2 aliphatic rings. The fourth-order valence-electron chi connectivity index (χ4n) is 2.48. The van der Waals surface area contributed by atoms with E-state index in [0.29, 0.717) is 5.92 Å². The molecule has 2 aliphatic carbocycles. The number of alkyl halides is 1. The molecule has 2 rings (SSSR count). The van der Waals surface area contributed by atoms with Crippen molar-refractivity contribution < 1.29 is 4.92 Å². The summed E-state index contributed by atoms with van der Waals surface area (Å²) in [5.74, 6) is 0.703. The topological polar surface area (TPSA) is 43.1 Å². The molecule has 4 heteroatoms. The number of halogens is 1. The van der Waals surface area contributed by atoms with Crippen LogP contribution >= 0.6 is 11.6 Å². The van der Waals surface area contributed by atoms with Crippen molar-refractivity contribution >= 4 is 11.6 Å². The van der Waals surface area contributed by atoms with E-state index in [1.54, 1.807) is 0 Å². The zero-order valence-corrected chi connectivity index (χ0v) is 6.83. The third-order valence-electron chi connectivity index (χ3n) is 3.02. The molecule has 0 spiro atoms. The number of hydrogen-bond acceptors (Lipinski definition) is 2. The molecular weight excluding hydrogens is 166 g/mol. The minimum absolute atomic E-state index is 0.191. The SMILES string of the molecule is O=[N+]([O-])C1C2CCC(C2)C1Cl. The Morgan fingerprint density at radius 1 is 1.36 bits per heavy atom. The van der Waals surface area contributed by atoms with Crippen molar-refractivity contribution in [2.45, 2.75) is 30.7 Å². The van der Waals surface area contributed by atoms with Crippen molar-refractivity contribution in [3.05, 3.63) is 10.1 Å². The molecule has 0 aromatic heterocycles. The van der Waals surface area contributed by atoms with E-state index in [1.807, 2.05) is 0 Å². The van der Waals surface area contributed by atoms with Crippen molar-refractivity contribution in [1.29, 1.82) is 0 Å². The minimum Gasteiger partial charge on any atom is -0.264 e. The highest BCUT2D eigenvalue weighted by atomic mass is 35.5. The summed E-state index contributed by atoms with van der Waals surface area (Å²) in [5, 5.41) is 10.3. The summed E-state index contributed by atoms with van der Waals surface area (Å²) >= 11 is 5.93. The molecule has 3 nitrogen and oxygen atoms in total. The standard InChI is InChI=1S/C7H10ClNO2/c8-6-4-1-2-5(3-4)7(6)9(10)11/h4-7H,1-3H2. The highest BCUT2D eigenvalue weighted by Gasteiger charge is 2.53. The van der Waals surface area contributed by atoms with Crippen molar-refractivity contribution in [2.75, 3.05) is 0 Å². The van der Waals surface area contributed by atoms with Crippen LogP contribution in [0.15, 0.2) is 0 Å². The van der Waals surface area contributed by atoms with Crippen molar-refractivity contribution in [1.82, 2.24) is 0 Å². The lowest BCUT2D eigenvalue weighted by molar-refractivity contribution is -0.529. The van der Waals surface area contributed by atoms with Gasteiger partial charge in [0.1, 0.15) is 5.38 Å². The van der Waals surface area contributed by atoms with Crippen LogP contribution in [0.1, 0.15) is 19.3 Å². The van der Waals surface area contributed by atoms with Gasteiger partial charge in [-0.2, -0.15) is 0 Å². The Hall–Kier alpha value is -0.310. The van der Waals surface area contributed by atoms with E-state index in [0.717, 1.165) is 19.3 Å². The summed E-state index contributed by atoms with van der Waals surface area (Å²) in [6.07, 6.45) is 3.10. The van der Waals surface area contributed by atoms with Crippen LogP contribution in [0.3, 0.4) is 0 Å². The number of nitrogens with zero attached hydrogens (tertiary/aromatic N) is 1. The predicted molar refractivity (Wildman–Crippen MR) is 41.3 cm³/mol. The molecule has 4 atom stereocenters. The molecule has 0 aromatic carbocycles. The molecule has 2 saturated carbocycles. The van der Waals surface area contributed by atoms with Gasteiger partial charge >= 0.3 is 0 Å². The second-order valence-electron chi connectivity index (χ2n) is 3.55. The molecule has 0 aliphatic heterocycles. The van der Waals surface area contributed by atoms with Gasteiger partial charge in [0.15, 0.2) is 0 Å². The van der Waals surface area contributed by atoms with Gasteiger partial charge in [-0.15, -0.1) is 11.6 Å². The first-order valence-electron chi connectivity index (χ1n) is 3.97. The molecule has 2 bridgehead atoms. The maximum absolute atomic E-state index is 10.5. The van der Waals surface area contributed by atoms with E-state index >= 15 is 0 Å². The lowest BCUT2D eigenvalue weighted by Gasteiger charge is -2.18. The largest absolute Gasteiger partial charge is 0.264 e. The average Bonchev–Trinajstić information content (AvgIpc) is 2.44. The van der Waals surface area contributed by atoms with Crippen LogP contribution in [-0.2, 0) is 0 Å². The van der Waals surface area contributed by atoms with Crippen molar-refractivity contribution in [2.24, 2.45) is 11.8 Å². The Morgan fingerprint density at radius 2 is 2.00 bits per heavy atom. The number of hydrogen-bond donors (Lipinski definition) is 0. The average molecular weight is 176 g/mol. The van der Waals surface area contributed by atoms with Crippen LogP contribution < -0.4 is 0 Å². The van der Waals surface area contributed by atoms with Crippen molar-refractivity contribution in [3.8, 4) is 0 Å². The molecule has 0 radical (unpaired) electrons. The summed E-state index contributed by atoms with van der Waals surface area (Å²) in [5.41, 5.74) is 0. The Labute approximate surface area is 69.9 Å². The Kier molecular flexibility index (Phi) is 1.56. The predicted octanol–water partition coefficient (Wildman–Crippen LogP) is 1.67. The summed E-state index contributed by atoms with van der Waals surface area (Å²) in [7, 11) is 0. The maximum atomic E-state index is 10.5. The Morgan fingerprint density at radius 3 is 2.36 bits per heavy atom. The van der Waals surface area contributed by atoms with E-state index < -0.39 is 6.04 Å². The molecule has 2 fully saturated rings. The van der Waals surface area contributed by atoms with Crippen LogP contribution in [0.5, 0.6) is 0 Å². The first kappa shape index (κ1) is 7.35. The van der Waals surface area contributed by atoms with Gasteiger partial charge in [-0.05, 0) is 25.2 Å². The van der Waals surface area contributed by atoms with Crippen LogP contribution in [0, 0.1) is 22.0 Å². The quantitative estimate of drug-likeness (QED) is 0.346. The minimum atomic E-state index is -0.449. The molecule has 0 aromatic rings. The fourth-order valence-corrected chi connectivity index (χ4v) is 3.01. The van der Waals surface area contributed by atoms with E-state index in [1.165, 1.54) is 0 Å². The zero-order chi connectivity index (χ0) is 8.01. The van der Waals surface area contributed by atoms with E-state index in [9.17, 15) is 10.1 Å². The third kappa shape index (κ3) is 0.940. The first-order chi connectivity index (χ1) is 5.20. The van der Waals surface area contributed by atoms with E-state index in [-0.39, 0.29) is 16.2 Å². The first-order valence-corrected chi connectivity index (χ1v) is 4.41. The number of rotatable bonds is 1. The Balaban J connectivity index is 2.17. The van der Waals surface area contributed by atoms with Gasteiger partial charge in [0.25, 0.3) is 0 Å². The van der Waals surface area contributed by atoms with Crippen LogP contribution in [0.4, 0.5) is 0 Å². The monoisotopic (exact) mass is 175 g/mol. The van der Waals surface area contributed by atoms with Gasteiger partial charge in [0.05, 0.1) is 0 Å². The van der Waals surface area contributed by atoms with Gasteiger partial charge in [0, 0.05) is 10.8 Å². The second kappa shape index (κ2) is 2.34. The molecule has 4 unspecified atom stereocenters. The Bertz CT molecular complexity index is 195. The van der Waals surface area contributed by atoms with Crippen LogP contribution in [-0.4, -0.2) is 16.3 Å². The van der Waals surface area contributed by atoms with Gasteiger partial charge in [-0.3, -0.25) is 10.1 Å². The van der Waals surface area contributed by atoms with Gasteiger partial charge in [-0.1, -0.05) is 0 Å².